The Labute approximate surface area is 265 Å². The lowest BCUT2D eigenvalue weighted by Crippen LogP contribution is -2.33. The van der Waals surface area contributed by atoms with E-state index >= 15 is 0 Å². The predicted octanol–water partition coefficient (Wildman–Crippen LogP) is 3.97. The number of anilines is 2. The van der Waals surface area contributed by atoms with Crippen molar-refractivity contribution in [3.8, 4) is 11.1 Å². The Hall–Kier alpha value is -3.74. The molecule has 2 aliphatic rings. The number of nitrogens with zero attached hydrogens (tertiary/aromatic N) is 6. The van der Waals surface area contributed by atoms with Crippen LogP contribution in [0.4, 0.5) is 11.4 Å². The molecule has 2 aromatic carbocycles. The zero-order valence-corrected chi connectivity index (χ0v) is 26.3. The standard InChI is InChI=1S/C31H34Cl2N8O3/c1-38-12-10-24-22(16-38)34-28(39(24)2)30(43)36-20-8-4-6-18(26(20)32)19-7-5-9-21(27(19)33)37-31(44)29-35-23-17-41(14-15-42)13-11-25(23)40(29)3/h4-9,42H,10-17H2,1-3H3,(H,36,43)(H,37,44). The van der Waals surface area contributed by atoms with Crippen molar-refractivity contribution in [2.75, 3.05) is 43.9 Å². The fourth-order valence-electron chi connectivity index (χ4n) is 6.01. The average Bonchev–Trinajstić information content (AvgIpc) is 3.51. The van der Waals surface area contributed by atoms with E-state index in [0.717, 1.165) is 48.7 Å². The molecular weight excluding hydrogens is 603 g/mol. The van der Waals surface area contributed by atoms with Gasteiger partial charge in [0, 0.05) is 82.2 Å². The van der Waals surface area contributed by atoms with Crippen LogP contribution in [0.2, 0.25) is 10.0 Å². The van der Waals surface area contributed by atoms with Gasteiger partial charge < -0.3 is 29.8 Å². The van der Waals surface area contributed by atoms with Gasteiger partial charge in [0.25, 0.3) is 11.8 Å². The van der Waals surface area contributed by atoms with Crippen LogP contribution in [0.25, 0.3) is 11.1 Å². The first kappa shape index (κ1) is 30.3. The van der Waals surface area contributed by atoms with E-state index in [2.05, 4.69) is 30.4 Å². The number of nitrogens with one attached hydrogen (secondary N) is 2. The Morgan fingerprint density at radius 2 is 1.30 bits per heavy atom. The van der Waals surface area contributed by atoms with E-state index in [9.17, 15) is 14.7 Å². The number of carbonyl (C=O) groups excluding carboxylic acids is 2. The molecule has 11 nitrogen and oxygen atoms in total. The number of aromatic nitrogens is 4. The molecule has 0 atom stereocenters. The second kappa shape index (κ2) is 12.3. The molecule has 0 saturated heterocycles. The topological polar surface area (TPSA) is 121 Å². The molecule has 4 aromatic rings. The monoisotopic (exact) mass is 636 g/mol. The molecule has 4 heterocycles. The number of likely N-dealkylation sites (N-methyl/N-ethyl adjacent to an activating group) is 1. The maximum atomic E-state index is 13.4. The lowest BCUT2D eigenvalue weighted by Gasteiger charge is -2.25. The maximum Gasteiger partial charge on any atom is 0.291 e. The Bertz CT molecular complexity index is 1760. The number of aliphatic hydroxyl groups excluding tert-OH is 1. The number of rotatable bonds is 7. The van der Waals surface area contributed by atoms with Crippen LogP contribution in [0, 0.1) is 0 Å². The Kier molecular flexibility index (Phi) is 8.49. The lowest BCUT2D eigenvalue weighted by molar-refractivity contribution is 0.100. The highest BCUT2D eigenvalue weighted by molar-refractivity contribution is 6.40. The van der Waals surface area contributed by atoms with E-state index in [0.29, 0.717) is 58.0 Å². The first-order chi connectivity index (χ1) is 21.2. The fraction of sp³-hybridized carbons (Fsp3) is 0.355. The van der Waals surface area contributed by atoms with E-state index in [1.807, 2.05) is 42.4 Å². The third kappa shape index (κ3) is 5.62. The number of hydrogen-bond donors (Lipinski definition) is 3. The van der Waals surface area contributed by atoms with Gasteiger partial charge in [-0.15, -0.1) is 0 Å². The highest BCUT2D eigenvalue weighted by Crippen LogP contribution is 2.40. The molecule has 2 aromatic heterocycles. The quantitative estimate of drug-likeness (QED) is 0.281. The average molecular weight is 638 g/mol. The van der Waals surface area contributed by atoms with E-state index in [4.69, 9.17) is 23.2 Å². The first-order valence-electron chi connectivity index (χ1n) is 14.5. The summed E-state index contributed by atoms with van der Waals surface area (Å²) in [7, 11) is 5.72. The van der Waals surface area contributed by atoms with Gasteiger partial charge in [-0.1, -0.05) is 47.5 Å². The molecule has 6 rings (SSSR count). The summed E-state index contributed by atoms with van der Waals surface area (Å²) >= 11 is 13.7. The zero-order chi connectivity index (χ0) is 31.1. The highest BCUT2D eigenvalue weighted by Gasteiger charge is 2.27. The van der Waals surface area contributed by atoms with Crippen molar-refractivity contribution in [1.82, 2.24) is 28.9 Å². The summed E-state index contributed by atoms with van der Waals surface area (Å²) in [5.74, 6) is -0.127. The minimum absolute atomic E-state index is 0.0768. The van der Waals surface area contributed by atoms with Crippen LogP contribution in [0.1, 0.15) is 44.0 Å². The Morgan fingerprint density at radius 1 is 0.795 bits per heavy atom. The van der Waals surface area contributed by atoms with E-state index in [1.54, 1.807) is 24.3 Å². The molecule has 2 aliphatic heterocycles. The minimum Gasteiger partial charge on any atom is -0.395 e. The molecule has 0 radical (unpaired) electrons. The summed E-state index contributed by atoms with van der Waals surface area (Å²) in [6.45, 7) is 3.63. The molecule has 2 amide bonds. The van der Waals surface area contributed by atoms with Gasteiger partial charge in [0.1, 0.15) is 0 Å². The summed E-state index contributed by atoms with van der Waals surface area (Å²) in [6, 6.07) is 10.6. The molecule has 0 fully saturated rings. The lowest BCUT2D eigenvalue weighted by atomic mass is 10.0. The summed E-state index contributed by atoms with van der Waals surface area (Å²) in [5.41, 5.74) is 5.84. The fourth-order valence-corrected chi connectivity index (χ4v) is 6.56. The van der Waals surface area contributed by atoms with Gasteiger partial charge >= 0.3 is 0 Å². The van der Waals surface area contributed by atoms with Crippen LogP contribution in [0.15, 0.2) is 36.4 Å². The number of benzene rings is 2. The predicted molar refractivity (Wildman–Crippen MR) is 170 cm³/mol. The second-order valence-corrected chi connectivity index (χ2v) is 12.0. The van der Waals surface area contributed by atoms with Gasteiger partial charge in [-0.2, -0.15) is 0 Å². The highest BCUT2D eigenvalue weighted by atomic mass is 35.5. The van der Waals surface area contributed by atoms with Gasteiger partial charge in [0.2, 0.25) is 0 Å². The third-order valence-electron chi connectivity index (χ3n) is 8.39. The molecule has 44 heavy (non-hydrogen) atoms. The number of aliphatic hydroxyl groups is 1. The van der Waals surface area contributed by atoms with Crippen LogP contribution >= 0.6 is 23.2 Å². The summed E-state index contributed by atoms with van der Waals surface area (Å²) < 4.78 is 3.67. The smallest absolute Gasteiger partial charge is 0.291 e. The van der Waals surface area contributed by atoms with Crippen molar-refractivity contribution >= 4 is 46.4 Å². The summed E-state index contributed by atoms with van der Waals surface area (Å²) in [4.78, 5) is 40.2. The van der Waals surface area contributed by atoms with Crippen molar-refractivity contribution in [2.45, 2.75) is 25.9 Å². The van der Waals surface area contributed by atoms with Crippen molar-refractivity contribution in [3.05, 3.63) is 80.9 Å². The maximum absolute atomic E-state index is 13.4. The second-order valence-electron chi connectivity index (χ2n) is 11.3. The van der Waals surface area contributed by atoms with Crippen LogP contribution in [-0.2, 0) is 40.0 Å². The molecular formula is C31H34Cl2N8O3. The molecule has 0 bridgehead atoms. The Balaban J connectivity index is 1.23. The molecule has 0 aliphatic carbocycles. The van der Waals surface area contributed by atoms with Crippen molar-refractivity contribution in [3.63, 3.8) is 0 Å². The van der Waals surface area contributed by atoms with E-state index in [-0.39, 0.29) is 24.2 Å². The zero-order valence-electron chi connectivity index (χ0n) is 24.8. The number of halogens is 2. The molecule has 13 heteroatoms. The van der Waals surface area contributed by atoms with Crippen molar-refractivity contribution < 1.29 is 14.7 Å². The summed E-state index contributed by atoms with van der Waals surface area (Å²) in [5, 5.41) is 15.7. The largest absolute Gasteiger partial charge is 0.395 e. The van der Waals surface area contributed by atoms with Crippen LogP contribution in [0.5, 0.6) is 0 Å². The van der Waals surface area contributed by atoms with E-state index < -0.39 is 0 Å². The van der Waals surface area contributed by atoms with E-state index in [1.165, 1.54) is 0 Å². The van der Waals surface area contributed by atoms with Crippen LogP contribution in [0.3, 0.4) is 0 Å². The first-order valence-corrected chi connectivity index (χ1v) is 15.2. The Morgan fingerprint density at radius 3 is 1.82 bits per heavy atom. The molecule has 3 N–H and O–H groups in total. The molecule has 230 valence electrons. The number of β-amino-alcohol motifs (C(OH)–C–C–N with tert-alkyl or cyclic N) is 1. The van der Waals surface area contributed by atoms with Gasteiger partial charge in [0.15, 0.2) is 11.6 Å². The number of amides is 2. The van der Waals surface area contributed by atoms with Gasteiger partial charge in [0.05, 0.1) is 39.4 Å². The van der Waals surface area contributed by atoms with Crippen molar-refractivity contribution in [1.29, 1.82) is 0 Å². The van der Waals surface area contributed by atoms with Crippen LogP contribution in [-0.4, -0.2) is 79.1 Å². The van der Waals surface area contributed by atoms with Gasteiger partial charge in [-0.3, -0.25) is 14.5 Å². The number of fused-ring (bicyclic) bond motifs is 2. The van der Waals surface area contributed by atoms with Crippen LogP contribution < -0.4 is 10.6 Å². The van der Waals surface area contributed by atoms with Gasteiger partial charge in [-0.25, -0.2) is 9.97 Å². The number of carbonyl (C=O) groups is 2. The summed E-state index contributed by atoms with van der Waals surface area (Å²) in [6.07, 6.45) is 1.57. The van der Waals surface area contributed by atoms with Gasteiger partial charge in [-0.05, 0) is 19.2 Å². The molecule has 0 spiro atoms. The number of imidazole rings is 2. The SMILES string of the molecule is CN1CCc2c(nc(C(=O)Nc3cccc(-c4cccc(NC(=O)c5nc6c(n5C)CCN(CCO)C6)c4Cl)c3Cl)n2C)C1. The number of hydrogen-bond acceptors (Lipinski definition) is 7. The molecule has 0 saturated carbocycles. The van der Waals surface area contributed by atoms with Crippen molar-refractivity contribution in [2.24, 2.45) is 14.1 Å². The normalized spacial score (nSPS) is 15.1. The molecule has 0 unspecified atom stereocenters. The third-order valence-corrected chi connectivity index (χ3v) is 9.20. The minimum atomic E-state index is -0.384.